The molecule has 1 saturated heterocycles. The van der Waals surface area contributed by atoms with Gasteiger partial charge in [0.2, 0.25) is 0 Å². The number of amides is 1. The van der Waals surface area contributed by atoms with Crippen molar-refractivity contribution in [2.45, 2.75) is 39.2 Å². The lowest BCUT2D eigenvalue weighted by molar-refractivity contribution is -0.132. The molecule has 0 radical (unpaired) electrons. The Morgan fingerprint density at radius 3 is 2.32 bits per heavy atom. The van der Waals surface area contributed by atoms with Gasteiger partial charge in [0.15, 0.2) is 0 Å². The van der Waals surface area contributed by atoms with Crippen molar-refractivity contribution in [3.05, 3.63) is 94.0 Å². The molecule has 3 aromatic rings. The fourth-order valence-corrected chi connectivity index (χ4v) is 4.64. The molecule has 0 bridgehead atoms. The highest BCUT2D eigenvalue weighted by Crippen LogP contribution is 2.44. The van der Waals surface area contributed by atoms with Crippen molar-refractivity contribution in [2.24, 2.45) is 0 Å². The van der Waals surface area contributed by atoms with Gasteiger partial charge < -0.3 is 14.6 Å². The molecule has 0 aliphatic carbocycles. The summed E-state index contributed by atoms with van der Waals surface area (Å²) in [6.45, 7) is 8.55. The van der Waals surface area contributed by atoms with Crippen molar-refractivity contribution < 1.29 is 24.2 Å². The Bertz CT molecular complexity index is 1370. The summed E-state index contributed by atoms with van der Waals surface area (Å²) in [6, 6.07) is 18.4. The average molecular weight is 520 g/mol. The molecular weight excluding hydrogens is 490 g/mol. The summed E-state index contributed by atoms with van der Waals surface area (Å²) in [4.78, 5) is 28.3. The summed E-state index contributed by atoms with van der Waals surface area (Å²) >= 11 is 6.23. The molecule has 1 unspecified atom stereocenters. The fraction of sp³-hybridized carbons (Fsp3) is 0.267. The van der Waals surface area contributed by atoms with E-state index in [0.29, 0.717) is 39.9 Å². The van der Waals surface area contributed by atoms with Gasteiger partial charge >= 0.3 is 0 Å². The monoisotopic (exact) mass is 519 g/mol. The number of methoxy groups -OCH3 is 1. The molecule has 4 rings (SSSR count). The second-order valence-electron chi connectivity index (χ2n) is 9.82. The van der Waals surface area contributed by atoms with Crippen LogP contribution in [-0.4, -0.2) is 30.5 Å². The first-order valence-corrected chi connectivity index (χ1v) is 12.4. The number of Topliss-reactive ketones (excluding diaryl/α,β-unsaturated/α-hetero) is 1. The maximum atomic E-state index is 13.5. The second-order valence-corrected chi connectivity index (χ2v) is 10.3. The van der Waals surface area contributed by atoms with E-state index in [1.54, 1.807) is 60.7 Å². The predicted molar refractivity (Wildman–Crippen MR) is 146 cm³/mol. The molecule has 192 valence electrons. The Morgan fingerprint density at radius 1 is 1.03 bits per heavy atom. The summed E-state index contributed by atoms with van der Waals surface area (Å²) in [6.07, 6.45) is 0. The van der Waals surface area contributed by atoms with Gasteiger partial charge in [-0.3, -0.25) is 14.5 Å². The number of hydrogen-bond acceptors (Lipinski definition) is 5. The predicted octanol–water partition coefficient (Wildman–Crippen LogP) is 6.67. The Labute approximate surface area is 222 Å². The van der Waals surface area contributed by atoms with Crippen LogP contribution < -0.4 is 14.4 Å². The highest BCUT2D eigenvalue weighted by atomic mass is 35.5. The number of aliphatic hydroxyl groups excluding tert-OH is 1. The standard InChI is InChI=1S/C30H30ClNO5/c1-6-37-22-13-10-18(11-14-22)26-25(28(34)29(35)32(26)21-9-7-8-20(31)17-21)27(33)23-16-19(30(2,3)4)12-15-24(23)36-5/h7-17,26,33H,6H2,1-5H3/b27-25+. The number of nitrogens with zero attached hydrogens (tertiary/aromatic N) is 1. The van der Waals surface area contributed by atoms with Gasteiger partial charge in [-0.2, -0.15) is 0 Å². The Kier molecular flexibility index (Phi) is 7.32. The van der Waals surface area contributed by atoms with Crippen LogP contribution in [0.2, 0.25) is 5.02 Å². The van der Waals surface area contributed by atoms with E-state index in [1.165, 1.54) is 12.0 Å². The fourth-order valence-electron chi connectivity index (χ4n) is 4.46. The molecule has 1 heterocycles. The largest absolute Gasteiger partial charge is 0.507 e. The number of carbonyl (C=O) groups is 2. The molecule has 6 nitrogen and oxygen atoms in total. The smallest absolute Gasteiger partial charge is 0.300 e. The molecule has 1 N–H and O–H groups in total. The van der Waals surface area contributed by atoms with E-state index < -0.39 is 17.7 Å². The molecule has 7 heteroatoms. The van der Waals surface area contributed by atoms with Crippen molar-refractivity contribution in [3.8, 4) is 11.5 Å². The molecule has 1 atom stereocenters. The lowest BCUT2D eigenvalue weighted by Crippen LogP contribution is -2.29. The van der Waals surface area contributed by atoms with Gasteiger partial charge in [0.05, 0.1) is 30.9 Å². The van der Waals surface area contributed by atoms with E-state index in [-0.39, 0.29) is 16.7 Å². The minimum absolute atomic E-state index is 0.0292. The second kappa shape index (κ2) is 10.3. The van der Waals surface area contributed by atoms with Gasteiger partial charge in [0.25, 0.3) is 11.7 Å². The van der Waals surface area contributed by atoms with Crippen LogP contribution in [0.3, 0.4) is 0 Å². The van der Waals surface area contributed by atoms with Crippen LogP contribution in [0.5, 0.6) is 11.5 Å². The van der Waals surface area contributed by atoms with E-state index in [2.05, 4.69) is 20.8 Å². The quantitative estimate of drug-likeness (QED) is 0.223. The van der Waals surface area contributed by atoms with Crippen LogP contribution in [0.25, 0.3) is 5.76 Å². The number of anilines is 1. The van der Waals surface area contributed by atoms with Gasteiger partial charge in [-0.15, -0.1) is 0 Å². The highest BCUT2D eigenvalue weighted by Gasteiger charge is 2.47. The molecule has 0 spiro atoms. The summed E-state index contributed by atoms with van der Waals surface area (Å²) in [5, 5.41) is 12.1. The van der Waals surface area contributed by atoms with Gasteiger partial charge in [0.1, 0.15) is 17.3 Å². The van der Waals surface area contributed by atoms with E-state index in [4.69, 9.17) is 21.1 Å². The third-order valence-corrected chi connectivity index (χ3v) is 6.59. The van der Waals surface area contributed by atoms with Crippen molar-refractivity contribution in [3.63, 3.8) is 0 Å². The average Bonchev–Trinajstić information content (AvgIpc) is 3.13. The summed E-state index contributed by atoms with van der Waals surface area (Å²) < 4.78 is 11.1. The van der Waals surface area contributed by atoms with Crippen LogP contribution in [0.1, 0.15) is 50.4 Å². The number of halogens is 1. The highest BCUT2D eigenvalue weighted by molar-refractivity contribution is 6.51. The zero-order valence-corrected chi connectivity index (χ0v) is 22.3. The Hall–Kier alpha value is -3.77. The van der Waals surface area contributed by atoms with Gasteiger partial charge in [-0.05, 0) is 65.9 Å². The number of ketones is 1. The number of carbonyl (C=O) groups excluding carboxylic acids is 2. The van der Waals surface area contributed by atoms with Gasteiger partial charge in [-0.25, -0.2) is 0 Å². The SMILES string of the molecule is CCOc1ccc(C2/C(=C(\O)c3cc(C(C)(C)C)ccc3OC)C(=O)C(=O)N2c2cccc(Cl)c2)cc1. The van der Waals surface area contributed by atoms with E-state index in [1.807, 2.05) is 13.0 Å². The molecule has 1 aliphatic rings. The van der Waals surface area contributed by atoms with Crippen molar-refractivity contribution in [1.82, 2.24) is 0 Å². The first kappa shape index (κ1) is 26.3. The Balaban J connectivity index is 1.97. The lowest BCUT2D eigenvalue weighted by atomic mass is 9.85. The van der Waals surface area contributed by atoms with Gasteiger partial charge in [0, 0.05) is 10.7 Å². The van der Waals surface area contributed by atoms with E-state index in [0.717, 1.165) is 5.56 Å². The van der Waals surface area contributed by atoms with Crippen molar-refractivity contribution in [1.29, 1.82) is 0 Å². The van der Waals surface area contributed by atoms with Crippen LogP contribution >= 0.6 is 11.6 Å². The zero-order valence-electron chi connectivity index (χ0n) is 21.5. The third kappa shape index (κ3) is 5.07. The van der Waals surface area contributed by atoms with Crippen LogP contribution in [-0.2, 0) is 15.0 Å². The summed E-state index contributed by atoms with van der Waals surface area (Å²) in [5.41, 5.74) is 2.12. The normalized spacial score (nSPS) is 17.2. The Morgan fingerprint density at radius 2 is 1.73 bits per heavy atom. The molecule has 1 fully saturated rings. The first-order valence-electron chi connectivity index (χ1n) is 12.0. The minimum Gasteiger partial charge on any atom is -0.507 e. The van der Waals surface area contributed by atoms with E-state index >= 15 is 0 Å². The summed E-state index contributed by atoms with van der Waals surface area (Å²) in [7, 11) is 1.50. The number of rotatable bonds is 6. The molecule has 0 saturated carbocycles. The molecular formula is C30H30ClNO5. The lowest BCUT2D eigenvalue weighted by Gasteiger charge is -2.26. The molecule has 37 heavy (non-hydrogen) atoms. The topological polar surface area (TPSA) is 76.1 Å². The van der Waals surface area contributed by atoms with Crippen LogP contribution in [0.4, 0.5) is 5.69 Å². The van der Waals surface area contributed by atoms with Crippen molar-refractivity contribution in [2.75, 3.05) is 18.6 Å². The number of benzene rings is 3. The maximum Gasteiger partial charge on any atom is 0.300 e. The minimum atomic E-state index is -0.892. The molecule has 3 aromatic carbocycles. The van der Waals surface area contributed by atoms with Crippen molar-refractivity contribution >= 4 is 34.7 Å². The van der Waals surface area contributed by atoms with Crippen LogP contribution in [0, 0.1) is 0 Å². The maximum absolute atomic E-state index is 13.5. The molecule has 0 aromatic heterocycles. The first-order chi connectivity index (χ1) is 17.6. The van der Waals surface area contributed by atoms with E-state index in [9.17, 15) is 14.7 Å². The number of aliphatic hydroxyl groups is 1. The zero-order chi connectivity index (χ0) is 26.9. The number of ether oxygens (including phenoxy) is 2. The number of hydrogen-bond donors (Lipinski definition) is 1. The van der Waals surface area contributed by atoms with Gasteiger partial charge in [-0.1, -0.05) is 56.6 Å². The van der Waals surface area contributed by atoms with Crippen LogP contribution in [0.15, 0.2) is 72.3 Å². The summed E-state index contributed by atoms with van der Waals surface area (Å²) in [5.74, 6) is -0.798. The molecule has 1 amide bonds. The third-order valence-electron chi connectivity index (χ3n) is 6.36. The molecule has 1 aliphatic heterocycles.